The van der Waals surface area contributed by atoms with Crippen LogP contribution in [0.25, 0.3) is 0 Å². The van der Waals surface area contributed by atoms with Gasteiger partial charge in [-0.15, -0.1) is 0 Å². The van der Waals surface area contributed by atoms with Crippen LogP contribution in [0.2, 0.25) is 5.02 Å². The first-order valence-corrected chi connectivity index (χ1v) is 5.87. The first-order chi connectivity index (χ1) is 7.88. The highest BCUT2D eigenvalue weighted by atomic mass is 35.5. The normalized spacial score (nSPS) is 13.2. The summed E-state index contributed by atoms with van der Waals surface area (Å²) >= 11 is 6.07. The van der Waals surface area contributed by atoms with E-state index < -0.39 is 5.60 Å². The molecule has 0 radical (unpaired) electrons. The molecule has 0 aliphatic heterocycles. The molecule has 1 rings (SSSR count). The second-order valence-electron chi connectivity index (χ2n) is 4.43. The maximum atomic E-state index is 11.9. The number of carbonyl (C=O) groups is 1. The molecule has 0 heterocycles. The van der Waals surface area contributed by atoms with E-state index in [1.807, 2.05) is 25.1 Å². The SMILES string of the molecule is COC(C)(C)C(=O)N[C@@H](C)c1ccccc1Cl. The first kappa shape index (κ1) is 14.0. The van der Waals surface area contributed by atoms with E-state index in [1.54, 1.807) is 19.9 Å². The zero-order chi connectivity index (χ0) is 13.1. The van der Waals surface area contributed by atoms with Crippen LogP contribution in [0.1, 0.15) is 32.4 Å². The van der Waals surface area contributed by atoms with Crippen LogP contribution < -0.4 is 5.32 Å². The van der Waals surface area contributed by atoms with Gasteiger partial charge in [0, 0.05) is 12.1 Å². The van der Waals surface area contributed by atoms with Crippen molar-refractivity contribution in [3.63, 3.8) is 0 Å². The average Bonchev–Trinajstić information content (AvgIpc) is 2.29. The zero-order valence-corrected chi connectivity index (χ0v) is 11.3. The molecule has 0 bridgehead atoms. The molecule has 1 N–H and O–H groups in total. The molecule has 0 unspecified atom stereocenters. The fourth-order valence-corrected chi connectivity index (χ4v) is 1.67. The molecule has 94 valence electrons. The summed E-state index contributed by atoms with van der Waals surface area (Å²) in [5.41, 5.74) is 0.0598. The van der Waals surface area contributed by atoms with Gasteiger partial charge in [-0.1, -0.05) is 29.8 Å². The van der Waals surface area contributed by atoms with Crippen molar-refractivity contribution in [2.75, 3.05) is 7.11 Å². The standard InChI is InChI=1S/C13H18ClNO2/c1-9(10-7-5-6-8-11(10)14)15-12(16)13(2,3)17-4/h5-9H,1-4H3,(H,15,16)/t9-/m0/s1. The van der Waals surface area contributed by atoms with Crippen molar-refractivity contribution < 1.29 is 9.53 Å². The summed E-state index contributed by atoms with van der Waals surface area (Å²) in [5, 5.41) is 3.53. The molecule has 0 aromatic heterocycles. The van der Waals surface area contributed by atoms with Crippen LogP contribution in [0.4, 0.5) is 0 Å². The van der Waals surface area contributed by atoms with Crippen LogP contribution in [-0.2, 0) is 9.53 Å². The second-order valence-corrected chi connectivity index (χ2v) is 4.84. The highest BCUT2D eigenvalue weighted by Gasteiger charge is 2.28. The molecule has 0 aliphatic carbocycles. The van der Waals surface area contributed by atoms with E-state index in [-0.39, 0.29) is 11.9 Å². The van der Waals surface area contributed by atoms with E-state index in [4.69, 9.17) is 16.3 Å². The Balaban J connectivity index is 2.77. The van der Waals surface area contributed by atoms with Gasteiger partial charge in [0.2, 0.25) is 0 Å². The van der Waals surface area contributed by atoms with Crippen molar-refractivity contribution in [2.45, 2.75) is 32.4 Å². The third kappa shape index (κ3) is 3.45. The number of amides is 1. The van der Waals surface area contributed by atoms with Crippen molar-refractivity contribution in [3.05, 3.63) is 34.9 Å². The topological polar surface area (TPSA) is 38.3 Å². The lowest BCUT2D eigenvalue weighted by Crippen LogP contribution is -2.44. The number of hydrogen-bond acceptors (Lipinski definition) is 2. The lowest BCUT2D eigenvalue weighted by molar-refractivity contribution is -0.140. The Bertz CT molecular complexity index is 404. The van der Waals surface area contributed by atoms with Crippen molar-refractivity contribution in [1.82, 2.24) is 5.32 Å². The maximum Gasteiger partial charge on any atom is 0.252 e. The molecule has 1 amide bonds. The van der Waals surface area contributed by atoms with Crippen molar-refractivity contribution in [2.24, 2.45) is 0 Å². The Morgan fingerprint density at radius 3 is 2.53 bits per heavy atom. The molecule has 0 saturated heterocycles. The highest BCUT2D eigenvalue weighted by molar-refractivity contribution is 6.31. The number of nitrogens with one attached hydrogen (secondary N) is 1. The molecule has 17 heavy (non-hydrogen) atoms. The summed E-state index contributed by atoms with van der Waals surface area (Å²) in [6.45, 7) is 5.34. The molecule has 0 spiro atoms. The second kappa shape index (κ2) is 5.52. The number of hydrogen-bond donors (Lipinski definition) is 1. The van der Waals surface area contributed by atoms with Gasteiger partial charge in [-0.05, 0) is 32.4 Å². The first-order valence-electron chi connectivity index (χ1n) is 5.49. The van der Waals surface area contributed by atoms with Crippen LogP contribution in [-0.4, -0.2) is 18.6 Å². The van der Waals surface area contributed by atoms with E-state index in [2.05, 4.69) is 5.32 Å². The van der Waals surface area contributed by atoms with Gasteiger partial charge in [0.05, 0.1) is 6.04 Å². The van der Waals surface area contributed by atoms with Gasteiger partial charge < -0.3 is 10.1 Å². The summed E-state index contributed by atoms with van der Waals surface area (Å²) in [5.74, 6) is -0.160. The minimum Gasteiger partial charge on any atom is -0.369 e. The minimum absolute atomic E-state index is 0.148. The van der Waals surface area contributed by atoms with E-state index in [9.17, 15) is 4.79 Å². The van der Waals surface area contributed by atoms with Crippen LogP contribution in [0.5, 0.6) is 0 Å². The number of halogens is 1. The molecule has 1 aromatic carbocycles. The van der Waals surface area contributed by atoms with Crippen molar-refractivity contribution in [3.8, 4) is 0 Å². The number of benzene rings is 1. The van der Waals surface area contributed by atoms with Crippen molar-refractivity contribution in [1.29, 1.82) is 0 Å². The fraction of sp³-hybridized carbons (Fsp3) is 0.462. The van der Waals surface area contributed by atoms with Gasteiger partial charge in [0.1, 0.15) is 5.60 Å². The lowest BCUT2D eigenvalue weighted by atomic mass is 10.1. The molecule has 3 nitrogen and oxygen atoms in total. The van der Waals surface area contributed by atoms with Gasteiger partial charge in [0.15, 0.2) is 0 Å². The van der Waals surface area contributed by atoms with E-state index in [1.165, 1.54) is 7.11 Å². The third-order valence-electron chi connectivity index (χ3n) is 2.78. The number of methoxy groups -OCH3 is 1. The molecule has 1 aromatic rings. The van der Waals surface area contributed by atoms with Gasteiger partial charge in [0.25, 0.3) is 5.91 Å². The van der Waals surface area contributed by atoms with Gasteiger partial charge >= 0.3 is 0 Å². The van der Waals surface area contributed by atoms with Gasteiger partial charge in [-0.2, -0.15) is 0 Å². The Hall–Kier alpha value is -1.06. The van der Waals surface area contributed by atoms with Crippen LogP contribution >= 0.6 is 11.6 Å². The van der Waals surface area contributed by atoms with Crippen molar-refractivity contribution >= 4 is 17.5 Å². The molecule has 1 atom stereocenters. The predicted octanol–water partition coefficient (Wildman–Crippen LogP) is 2.94. The largest absolute Gasteiger partial charge is 0.369 e. The number of ether oxygens (including phenoxy) is 1. The monoisotopic (exact) mass is 255 g/mol. The van der Waals surface area contributed by atoms with Gasteiger partial charge in [-0.25, -0.2) is 0 Å². The Morgan fingerprint density at radius 1 is 1.41 bits per heavy atom. The Morgan fingerprint density at radius 2 is 2.00 bits per heavy atom. The van der Waals surface area contributed by atoms with Crippen LogP contribution in [0, 0.1) is 0 Å². The molecular weight excluding hydrogens is 238 g/mol. The Labute approximate surface area is 107 Å². The summed E-state index contributed by atoms with van der Waals surface area (Å²) in [7, 11) is 1.51. The third-order valence-corrected chi connectivity index (χ3v) is 3.12. The summed E-state index contributed by atoms with van der Waals surface area (Å²) < 4.78 is 5.12. The summed E-state index contributed by atoms with van der Waals surface area (Å²) in [6, 6.07) is 7.31. The fourth-order valence-electron chi connectivity index (χ4n) is 1.37. The Kier molecular flexibility index (Phi) is 4.54. The predicted molar refractivity (Wildman–Crippen MR) is 69.1 cm³/mol. The highest BCUT2D eigenvalue weighted by Crippen LogP contribution is 2.22. The molecular formula is C13H18ClNO2. The summed E-state index contributed by atoms with van der Waals surface area (Å²) in [4.78, 5) is 11.9. The summed E-state index contributed by atoms with van der Waals surface area (Å²) in [6.07, 6.45) is 0. The molecule has 0 fully saturated rings. The lowest BCUT2D eigenvalue weighted by Gasteiger charge is -2.25. The van der Waals surface area contributed by atoms with Crippen LogP contribution in [0.15, 0.2) is 24.3 Å². The number of rotatable bonds is 4. The smallest absolute Gasteiger partial charge is 0.252 e. The minimum atomic E-state index is -0.838. The maximum absolute atomic E-state index is 11.9. The average molecular weight is 256 g/mol. The molecule has 0 aliphatic rings. The van der Waals surface area contributed by atoms with E-state index in [0.29, 0.717) is 5.02 Å². The van der Waals surface area contributed by atoms with E-state index >= 15 is 0 Å². The van der Waals surface area contributed by atoms with Gasteiger partial charge in [-0.3, -0.25) is 4.79 Å². The molecule has 0 saturated carbocycles. The quantitative estimate of drug-likeness (QED) is 0.898. The van der Waals surface area contributed by atoms with E-state index in [0.717, 1.165) is 5.56 Å². The molecule has 4 heteroatoms. The van der Waals surface area contributed by atoms with Crippen LogP contribution in [0.3, 0.4) is 0 Å². The zero-order valence-electron chi connectivity index (χ0n) is 10.6. The number of carbonyl (C=O) groups excluding carboxylic acids is 1.